The topological polar surface area (TPSA) is 58.6 Å². The van der Waals surface area contributed by atoms with E-state index in [2.05, 4.69) is 28.9 Å². The minimum Gasteiger partial charge on any atom is -0.449 e. The number of allylic oxidation sites excluding steroid dienone is 3. The van der Waals surface area contributed by atoms with Crippen LogP contribution in [0.2, 0.25) is 0 Å². The number of carbonyl (C=O) groups excluding carboxylic acids is 2. The second-order valence-corrected chi connectivity index (χ2v) is 6.98. The van der Waals surface area contributed by atoms with Crippen LogP contribution >= 0.6 is 0 Å². The predicted molar refractivity (Wildman–Crippen MR) is 102 cm³/mol. The predicted octanol–water partition coefficient (Wildman–Crippen LogP) is 3.16. The number of benzene rings is 1. The highest BCUT2D eigenvalue weighted by Crippen LogP contribution is 2.43. The molecule has 1 atom stereocenters. The summed E-state index contributed by atoms with van der Waals surface area (Å²) in [5, 5.41) is 2.59. The van der Waals surface area contributed by atoms with Crippen molar-refractivity contribution in [3.05, 3.63) is 64.6 Å². The summed E-state index contributed by atoms with van der Waals surface area (Å²) in [5.74, 6) is -0.0704. The van der Waals surface area contributed by atoms with Crippen molar-refractivity contribution < 1.29 is 14.3 Å². The Morgan fingerprint density at radius 2 is 1.89 bits per heavy atom. The summed E-state index contributed by atoms with van der Waals surface area (Å²) in [6, 6.07) is 8.12. The van der Waals surface area contributed by atoms with Crippen LogP contribution < -0.4 is 5.32 Å². The molecule has 0 aromatic heterocycles. The number of piperidine rings is 1. The first kappa shape index (κ1) is 17.4. The fourth-order valence-electron chi connectivity index (χ4n) is 3.92. The van der Waals surface area contributed by atoms with Crippen LogP contribution in [-0.4, -0.2) is 43.1 Å². The molecule has 1 heterocycles. The molecule has 5 nitrogen and oxygen atoms in total. The highest BCUT2D eigenvalue weighted by atomic mass is 16.5. The molecule has 1 fully saturated rings. The fourth-order valence-corrected chi connectivity index (χ4v) is 3.92. The Bertz CT molecular complexity index is 896. The zero-order chi connectivity index (χ0) is 18.6. The van der Waals surface area contributed by atoms with Crippen LogP contribution in [-0.2, 0) is 9.53 Å². The minimum atomic E-state index is -0.558. The van der Waals surface area contributed by atoms with E-state index in [9.17, 15) is 9.59 Å². The number of alkyl carbamates (subject to hydrolysis) is 1. The molecule has 3 aliphatic rings. The van der Waals surface area contributed by atoms with E-state index < -0.39 is 6.09 Å². The maximum Gasteiger partial charge on any atom is 0.407 e. The molecule has 1 unspecified atom stereocenters. The lowest BCUT2D eigenvalue weighted by Crippen LogP contribution is -2.42. The molecule has 0 bridgehead atoms. The average Bonchev–Trinajstić information content (AvgIpc) is 3.05. The van der Waals surface area contributed by atoms with Crippen molar-refractivity contribution in [3.63, 3.8) is 0 Å². The number of hydrogen-bond donors (Lipinski definition) is 1. The van der Waals surface area contributed by atoms with Gasteiger partial charge >= 0.3 is 6.09 Å². The number of rotatable bonds is 4. The molecule has 27 heavy (non-hydrogen) atoms. The summed E-state index contributed by atoms with van der Waals surface area (Å²) in [5.41, 5.74) is 10.5. The summed E-state index contributed by atoms with van der Waals surface area (Å²) in [4.78, 5) is 26.0. The molecule has 2 aliphatic carbocycles. The van der Waals surface area contributed by atoms with Gasteiger partial charge in [-0.1, -0.05) is 35.7 Å². The maximum absolute atomic E-state index is 12.1. The van der Waals surface area contributed by atoms with Gasteiger partial charge in [-0.2, -0.15) is 0 Å². The van der Waals surface area contributed by atoms with Gasteiger partial charge in [-0.3, -0.25) is 4.79 Å². The molecule has 5 heteroatoms. The molecule has 1 aromatic carbocycles. The van der Waals surface area contributed by atoms with Crippen LogP contribution in [0.25, 0.3) is 5.57 Å². The van der Waals surface area contributed by atoms with Crippen molar-refractivity contribution >= 4 is 17.6 Å². The van der Waals surface area contributed by atoms with Crippen LogP contribution in [0.5, 0.6) is 0 Å². The van der Waals surface area contributed by atoms with Crippen LogP contribution in [0, 0.1) is 0 Å². The van der Waals surface area contributed by atoms with Gasteiger partial charge in [-0.05, 0) is 53.7 Å². The number of hydrogen-bond acceptors (Lipinski definition) is 3. The third-order valence-corrected chi connectivity index (χ3v) is 5.31. The summed E-state index contributed by atoms with van der Waals surface area (Å²) in [7, 11) is 0. The van der Waals surface area contributed by atoms with E-state index in [1.54, 1.807) is 4.90 Å². The van der Waals surface area contributed by atoms with Crippen LogP contribution in [0.4, 0.5) is 4.79 Å². The first-order valence-electron chi connectivity index (χ1n) is 9.43. The number of fused-ring (bicyclic) bond motifs is 2. The molecule has 0 spiro atoms. The third-order valence-electron chi connectivity index (χ3n) is 5.31. The van der Waals surface area contributed by atoms with Crippen molar-refractivity contribution in [2.75, 3.05) is 26.2 Å². The zero-order valence-corrected chi connectivity index (χ0v) is 15.2. The fraction of sp³-hybridized carbons (Fsp3) is 0.364. The molecule has 4 rings (SSSR count). The first-order valence-corrected chi connectivity index (χ1v) is 9.43. The standard InChI is InChI=1S/C22H22N2O3/c25-21(24-12-6-1-7-13-24)14-23-22(26)27-15-20-18-10-4-2-8-16(18)17-9-3-5-11-19(17)20/h2,4,8-11,20H,1,6-7,12-15H2,(H,23,26). The van der Waals surface area contributed by atoms with Crippen molar-refractivity contribution in [1.29, 1.82) is 0 Å². The first-order chi connectivity index (χ1) is 13.2. The smallest absolute Gasteiger partial charge is 0.407 e. The summed E-state index contributed by atoms with van der Waals surface area (Å²) in [6.45, 7) is 1.77. The molecule has 138 valence electrons. The molecule has 0 saturated carbocycles. The average molecular weight is 362 g/mol. The Labute approximate surface area is 158 Å². The van der Waals surface area contributed by atoms with Gasteiger partial charge < -0.3 is 15.0 Å². The van der Waals surface area contributed by atoms with E-state index in [0.29, 0.717) is 0 Å². The summed E-state index contributed by atoms with van der Waals surface area (Å²) in [6.07, 6.45) is 6.50. The number of nitrogens with one attached hydrogen (secondary N) is 1. The van der Waals surface area contributed by atoms with Gasteiger partial charge in [0, 0.05) is 19.0 Å². The number of ether oxygens (including phenoxy) is 1. The van der Waals surface area contributed by atoms with E-state index in [4.69, 9.17) is 4.74 Å². The second kappa shape index (κ2) is 7.71. The summed E-state index contributed by atoms with van der Waals surface area (Å²) < 4.78 is 5.43. The maximum atomic E-state index is 12.1. The Hall–Kier alpha value is -3.00. The van der Waals surface area contributed by atoms with E-state index in [0.717, 1.165) is 48.2 Å². The Morgan fingerprint density at radius 1 is 1.11 bits per heavy atom. The Morgan fingerprint density at radius 3 is 2.74 bits per heavy atom. The Kier molecular flexibility index (Phi) is 4.97. The van der Waals surface area contributed by atoms with E-state index >= 15 is 0 Å². The lowest BCUT2D eigenvalue weighted by Gasteiger charge is -2.26. The van der Waals surface area contributed by atoms with E-state index in [1.165, 1.54) is 6.42 Å². The normalized spacial score (nSPS) is 19.7. The molecule has 1 saturated heterocycles. The lowest BCUT2D eigenvalue weighted by molar-refractivity contribution is -0.131. The van der Waals surface area contributed by atoms with Crippen molar-refractivity contribution in [1.82, 2.24) is 10.2 Å². The highest BCUT2D eigenvalue weighted by molar-refractivity contribution is 5.87. The third kappa shape index (κ3) is 3.61. The SMILES string of the molecule is O=C(NCC(=O)N1CCCCC1)OCC1C2=C(C=C=C=C2)c2ccccc21. The number of likely N-dealkylation sites (tertiary alicyclic amines) is 1. The van der Waals surface area contributed by atoms with Gasteiger partial charge in [0.2, 0.25) is 5.91 Å². The molecule has 1 aliphatic heterocycles. The van der Waals surface area contributed by atoms with Gasteiger partial charge in [0.1, 0.15) is 13.2 Å². The van der Waals surface area contributed by atoms with Gasteiger partial charge in [0.05, 0.1) is 0 Å². The van der Waals surface area contributed by atoms with Crippen molar-refractivity contribution in [2.24, 2.45) is 0 Å². The quantitative estimate of drug-likeness (QED) is 0.837. The van der Waals surface area contributed by atoms with Crippen molar-refractivity contribution in [3.8, 4) is 0 Å². The number of amides is 2. The highest BCUT2D eigenvalue weighted by Gasteiger charge is 2.30. The largest absolute Gasteiger partial charge is 0.449 e. The van der Waals surface area contributed by atoms with E-state index in [1.807, 2.05) is 24.3 Å². The molecule has 2 amide bonds. The van der Waals surface area contributed by atoms with Crippen LogP contribution in [0.1, 0.15) is 36.3 Å². The minimum absolute atomic E-state index is 0.0145. The monoisotopic (exact) mass is 362 g/mol. The van der Waals surface area contributed by atoms with E-state index in [-0.39, 0.29) is 25.0 Å². The van der Waals surface area contributed by atoms with Crippen LogP contribution in [0.3, 0.4) is 0 Å². The van der Waals surface area contributed by atoms with Gasteiger partial charge in [-0.25, -0.2) is 4.79 Å². The summed E-state index contributed by atoms with van der Waals surface area (Å²) >= 11 is 0. The molecular weight excluding hydrogens is 340 g/mol. The van der Waals surface area contributed by atoms with Gasteiger partial charge in [0.15, 0.2) is 0 Å². The molecule has 0 radical (unpaired) electrons. The van der Waals surface area contributed by atoms with Gasteiger partial charge in [-0.15, -0.1) is 0 Å². The molecular formula is C22H22N2O3. The van der Waals surface area contributed by atoms with Crippen LogP contribution in [0.15, 0.2) is 53.5 Å². The van der Waals surface area contributed by atoms with Gasteiger partial charge in [0.25, 0.3) is 0 Å². The van der Waals surface area contributed by atoms with Crippen molar-refractivity contribution in [2.45, 2.75) is 25.2 Å². The Balaban J connectivity index is 1.34. The number of nitrogens with zero attached hydrogens (tertiary/aromatic N) is 1. The lowest BCUT2D eigenvalue weighted by atomic mass is 9.96. The second-order valence-electron chi connectivity index (χ2n) is 6.98. The zero-order valence-electron chi connectivity index (χ0n) is 15.2. The molecule has 1 aromatic rings. The number of carbonyl (C=O) groups is 2. The molecule has 1 N–H and O–H groups in total.